The number of nitrogen functional groups attached to an aromatic ring is 1. The molecule has 1 rings (SSSR count). The lowest BCUT2D eigenvalue weighted by atomic mass is 10.1. The van der Waals surface area contributed by atoms with Crippen LogP contribution in [0, 0.1) is 5.92 Å². The van der Waals surface area contributed by atoms with Crippen LogP contribution in [-0.2, 0) is 11.3 Å². The molecule has 0 aliphatic rings. The molecule has 0 aromatic heterocycles. The van der Waals surface area contributed by atoms with Crippen LogP contribution < -0.4 is 16.2 Å². The van der Waals surface area contributed by atoms with Crippen molar-refractivity contribution in [3.8, 4) is 5.75 Å². The van der Waals surface area contributed by atoms with E-state index in [4.69, 9.17) is 16.2 Å². The minimum atomic E-state index is -0.330. The largest absolute Gasteiger partial charge is 0.496 e. The van der Waals surface area contributed by atoms with Gasteiger partial charge in [-0.25, -0.2) is 0 Å². The summed E-state index contributed by atoms with van der Waals surface area (Å²) < 4.78 is 5.31. The van der Waals surface area contributed by atoms with Crippen molar-refractivity contribution in [2.45, 2.75) is 20.4 Å². The third kappa shape index (κ3) is 5.18. The summed E-state index contributed by atoms with van der Waals surface area (Å²) in [6.07, 6.45) is 0. The molecule has 0 bridgehead atoms. The number of amides is 1. The Hall–Kier alpha value is -1.75. The molecule has 1 aromatic rings. The van der Waals surface area contributed by atoms with Gasteiger partial charge in [0.15, 0.2) is 0 Å². The quantitative estimate of drug-likeness (QED) is 0.726. The first-order valence-electron chi connectivity index (χ1n) is 6.35. The van der Waals surface area contributed by atoms with E-state index in [-0.39, 0.29) is 12.5 Å². The minimum absolute atomic E-state index is 0.232. The van der Waals surface area contributed by atoms with Gasteiger partial charge >= 0.3 is 0 Å². The summed E-state index contributed by atoms with van der Waals surface area (Å²) in [5.74, 6) is 0.891. The molecule has 1 aromatic carbocycles. The third-order valence-electron chi connectivity index (χ3n) is 2.70. The van der Waals surface area contributed by atoms with E-state index in [1.54, 1.807) is 13.2 Å². The zero-order valence-electron chi connectivity index (χ0n) is 11.8. The van der Waals surface area contributed by atoms with Gasteiger partial charge in [0.25, 0.3) is 0 Å². The van der Waals surface area contributed by atoms with Crippen molar-refractivity contribution in [3.63, 3.8) is 0 Å². The van der Waals surface area contributed by atoms with Crippen molar-refractivity contribution >= 4 is 11.6 Å². The van der Waals surface area contributed by atoms with Crippen LogP contribution in [0.4, 0.5) is 5.69 Å². The first-order valence-corrected chi connectivity index (χ1v) is 6.35. The van der Waals surface area contributed by atoms with Crippen LogP contribution in [0.5, 0.6) is 5.75 Å². The summed E-state index contributed by atoms with van der Waals surface area (Å²) >= 11 is 0. The van der Waals surface area contributed by atoms with Crippen molar-refractivity contribution in [3.05, 3.63) is 23.8 Å². The fourth-order valence-electron chi connectivity index (χ4n) is 2.08. The second-order valence-electron chi connectivity index (χ2n) is 5.10. The van der Waals surface area contributed by atoms with Crippen LogP contribution >= 0.6 is 0 Å². The van der Waals surface area contributed by atoms with Gasteiger partial charge in [0.1, 0.15) is 5.75 Å². The summed E-state index contributed by atoms with van der Waals surface area (Å²) in [4.78, 5) is 13.1. The monoisotopic (exact) mass is 265 g/mol. The highest BCUT2D eigenvalue weighted by Gasteiger charge is 2.13. The molecule has 4 N–H and O–H groups in total. The average Bonchev–Trinajstić information content (AvgIpc) is 2.27. The molecular weight excluding hydrogens is 242 g/mol. The van der Waals surface area contributed by atoms with Crippen LogP contribution in [-0.4, -0.2) is 31.0 Å². The average molecular weight is 265 g/mol. The van der Waals surface area contributed by atoms with Crippen molar-refractivity contribution in [1.29, 1.82) is 0 Å². The molecule has 19 heavy (non-hydrogen) atoms. The molecule has 106 valence electrons. The number of hydrogen-bond acceptors (Lipinski definition) is 4. The lowest BCUT2D eigenvalue weighted by Crippen LogP contribution is -2.35. The predicted molar refractivity (Wildman–Crippen MR) is 76.7 cm³/mol. The van der Waals surface area contributed by atoms with E-state index < -0.39 is 0 Å². The Kier molecular flexibility index (Phi) is 5.63. The first kappa shape index (κ1) is 15.3. The summed E-state index contributed by atoms with van der Waals surface area (Å²) in [5, 5.41) is 0. The number of methoxy groups -OCH3 is 1. The van der Waals surface area contributed by atoms with Crippen LogP contribution in [0.3, 0.4) is 0 Å². The number of carbonyl (C=O) groups is 1. The second kappa shape index (κ2) is 6.99. The lowest BCUT2D eigenvalue weighted by Gasteiger charge is -2.23. The van der Waals surface area contributed by atoms with Crippen molar-refractivity contribution in [1.82, 2.24) is 4.90 Å². The number of nitrogens with two attached hydrogens (primary N) is 2. The molecule has 0 radical (unpaired) electrons. The summed E-state index contributed by atoms with van der Waals surface area (Å²) in [6, 6.07) is 5.50. The fourth-order valence-corrected chi connectivity index (χ4v) is 2.08. The van der Waals surface area contributed by atoms with E-state index >= 15 is 0 Å². The van der Waals surface area contributed by atoms with E-state index in [0.717, 1.165) is 17.9 Å². The van der Waals surface area contributed by atoms with Crippen molar-refractivity contribution in [2.75, 3.05) is 25.9 Å². The van der Waals surface area contributed by atoms with Gasteiger partial charge in [-0.2, -0.15) is 0 Å². The molecule has 0 unspecified atom stereocenters. The molecule has 0 saturated carbocycles. The van der Waals surface area contributed by atoms with Crippen molar-refractivity contribution < 1.29 is 9.53 Å². The Bertz CT molecular complexity index is 433. The Morgan fingerprint density at radius 1 is 1.42 bits per heavy atom. The third-order valence-corrected chi connectivity index (χ3v) is 2.70. The molecule has 5 heteroatoms. The molecule has 0 spiro atoms. The van der Waals surface area contributed by atoms with Gasteiger partial charge in [0, 0.05) is 24.3 Å². The highest BCUT2D eigenvalue weighted by atomic mass is 16.5. The van der Waals surface area contributed by atoms with Gasteiger partial charge in [-0.05, 0) is 24.1 Å². The summed E-state index contributed by atoms with van der Waals surface area (Å²) in [5.41, 5.74) is 12.7. The Morgan fingerprint density at radius 2 is 2.11 bits per heavy atom. The normalized spacial score (nSPS) is 11.0. The maximum Gasteiger partial charge on any atom is 0.231 e. The van der Waals surface area contributed by atoms with Crippen LogP contribution in [0.2, 0.25) is 0 Å². The molecule has 1 amide bonds. The topological polar surface area (TPSA) is 81.6 Å². The standard InChI is InChI=1S/C14H23N3O2/c1-10(2)7-17(9-14(16)18)8-11-6-12(15)4-5-13(11)19-3/h4-6,10H,7-9,15H2,1-3H3,(H2,16,18). The van der Waals surface area contributed by atoms with Gasteiger partial charge in [0.05, 0.1) is 13.7 Å². The van der Waals surface area contributed by atoms with Crippen molar-refractivity contribution in [2.24, 2.45) is 11.7 Å². The Labute approximate surface area is 114 Å². The molecule has 0 fully saturated rings. The molecule has 0 aliphatic heterocycles. The Morgan fingerprint density at radius 3 is 2.63 bits per heavy atom. The first-order chi connectivity index (χ1) is 8.92. The van der Waals surface area contributed by atoms with Gasteiger partial charge in [0.2, 0.25) is 5.91 Å². The Balaban J connectivity index is 2.88. The van der Waals surface area contributed by atoms with Gasteiger partial charge < -0.3 is 16.2 Å². The fraction of sp³-hybridized carbons (Fsp3) is 0.500. The SMILES string of the molecule is COc1ccc(N)cc1CN(CC(N)=O)CC(C)C. The highest BCUT2D eigenvalue weighted by molar-refractivity contribution is 5.75. The highest BCUT2D eigenvalue weighted by Crippen LogP contribution is 2.22. The number of rotatable bonds is 7. The zero-order chi connectivity index (χ0) is 14.4. The molecule has 0 aliphatic carbocycles. The van der Waals surface area contributed by atoms with Gasteiger partial charge in [-0.3, -0.25) is 9.69 Å². The maximum absolute atomic E-state index is 11.1. The lowest BCUT2D eigenvalue weighted by molar-refractivity contribution is -0.119. The molecule has 5 nitrogen and oxygen atoms in total. The van der Waals surface area contributed by atoms with E-state index in [1.807, 2.05) is 17.0 Å². The van der Waals surface area contributed by atoms with Crippen LogP contribution in [0.25, 0.3) is 0 Å². The van der Waals surface area contributed by atoms with Crippen LogP contribution in [0.1, 0.15) is 19.4 Å². The number of benzene rings is 1. The molecule has 0 saturated heterocycles. The number of nitrogens with zero attached hydrogens (tertiary/aromatic N) is 1. The van der Waals surface area contributed by atoms with Gasteiger partial charge in [-0.15, -0.1) is 0 Å². The van der Waals surface area contributed by atoms with E-state index in [2.05, 4.69) is 13.8 Å². The summed E-state index contributed by atoms with van der Waals surface area (Å²) in [7, 11) is 1.62. The zero-order valence-corrected chi connectivity index (χ0v) is 11.8. The number of carbonyl (C=O) groups excluding carboxylic acids is 1. The van der Waals surface area contributed by atoms with Crippen LogP contribution in [0.15, 0.2) is 18.2 Å². The van der Waals surface area contributed by atoms with E-state index in [1.165, 1.54) is 0 Å². The van der Waals surface area contributed by atoms with Gasteiger partial charge in [-0.1, -0.05) is 13.8 Å². The maximum atomic E-state index is 11.1. The number of ether oxygens (including phenoxy) is 1. The molecular formula is C14H23N3O2. The minimum Gasteiger partial charge on any atom is -0.496 e. The number of hydrogen-bond donors (Lipinski definition) is 2. The molecule has 0 atom stereocenters. The summed E-state index contributed by atoms with van der Waals surface area (Å²) in [6.45, 7) is 5.82. The molecule has 0 heterocycles. The smallest absolute Gasteiger partial charge is 0.231 e. The van der Waals surface area contributed by atoms with E-state index in [0.29, 0.717) is 18.2 Å². The number of anilines is 1. The van der Waals surface area contributed by atoms with E-state index in [9.17, 15) is 4.79 Å². The predicted octanol–water partition coefficient (Wildman–Crippen LogP) is 1.22. The second-order valence-corrected chi connectivity index (χ2v) is 5.10. The number of primary amides is 1.